The first-order valence-electron chi connectivity index (χ1n) is 5.08. The predicted molar refractivity (Wildman–Crippen MR) is 60.3 cm³/mol. The normalized spacial score (nSPS) is 10.7. The molecule has 0 saturated heterocycles. The molecule has 0 spiro atoms. The van der Waals surface area contributed by atoms with Crippen LogP contribution in [0.25, 0.3) is 0 Å². The van der Waals surface area contributed by atoms with Crippen molar-refractivity contribution in [2.24, 2.45) is 0 Å². The van der Waals surface area contributed by atoms with E-state index < -0.39 is 0 Å². The summed E-state index contributed by atoms with van der Waals surface area (Å²) in [5.41, 5.74) is 4.22. The van der Waals surface area contributed by atoms with Gasteiger partial charge in [-0.3, -0.25) is 0 Å². The third kappa shape index (κ3) is 3.25. The van der Waals surface area contributed by atoms with Crippen molar-refractivity contribution in [1.29, 1.82) is 0 Å². The van der Waals surface area contributed by atoms with Crippen molar-refractivity contribution in [3.8, 4) is 0 Å². The van der Waals surface area contributed by atoms with Gasteiger partial charge in [-0.15, -0.1) is 0 Å². The van der Waals surface area contributed by atoms with Gasteiger partial charge in [-0.2, -0.15) is 0 Å². The molecule has 1 heteroatoms. The molecule has 13 heavy (non-hydrogen) atoms. The number of rotatable bonds is 0. The van der Waals surface area contributed by atoms with Crippen LogP contribution in [0.2, 0.25) is 0 Å². The molecule has 0 aliphatic heterocycles. The van der Waals surface area contributed by atoms with Crippen molar-refractivity contribution in [3.63, 3.8) is 0 Å². The predicted octanol–water partition coefficient (Wildman–Crippen LogP) is 3.96. The Morgan fingerprint density at radius 1 is 1.08 bits per heavy atom. The molecule has 0 fully saturated rings. The highest BCUT2D eigenvalue weighted by Crippen LogP contribution is 2.22. The quantitative estimate of drug-likeness (QED) is 0.623. The number of hydrogen-bond acceptors (Lipinski definition) is 0. The molecular formula is C12H23N. The summed E-state index contributed by atoms with van der Waals surface area (Å²) in [6, 6.07) is 2.23. The van der Waals surface area contributed by atoms with Gasteiger partial charge in [-0.1, -0.05) is 34.6 Å². The van der Waals surface area contributed by atoms with E-state index in [0.29, 0.717) is 0 Å². The number of aromatic amines is 1. The maximum Gasteiger partial charge on any atom is 0.0206 e. The third-order valence-electron chi connectivity index (χ3n) is 2.08. The smallest absolute Gasteiger partial charge is 0.0206 e. The van der Waals surface area contributed by atoms with Crippen LogP contribution < -0.4 is 0 Å². The first-order chi connectivity index (χ1) is 5.91. The fraction of sp³-hybridized carbons (Fsp3) is 0.667. The molecule has 1 heterocycles. The molecule has 0 atom stereocenters. The van der Waals surface area contributed by atoms with Crippen LogP contribution in [0.5, 0.6) is 0 Å². The lowest BCUT2D eigenvalue weighted by Crippen LogP contribution is -2.11. The van der Waals surface area contributed by atoms with Crippen LogP contribution in [0.3, 0.4) is 0 Å². The van der Waals surface area contributed by atoms with Crippen LogP contribution in [-0.2, 0) is 5.41 Å². The number of aryl methyl sites for hydroxylation is 2. The van der Waals surface area contributed by atoms with E-state index >= 15 is 0 Å². The third-order valence-corrected chi connectivity index (χ3v) is 2.08. The van der Waals surface area contributed by atoms with E-state index in [4.69, 9.17) is 0 Å². The number of H-pyrrole nitrogens is 1. The van der Waals surface area contributed by atoms with Gasteiger partial charge in [0.25, 0.3) is 0 Å². The average molecular weight is 181 g/mol. The van der Waals surface area contributed by atoms with E-state index in [1.54, 1.807) is 0 Å². The zero-order valence-corrected chi connectivity index (χ0v) is 10.1. The van der Waals surface area contributed by atoms with Crippen LogP contribution in [-0.4, -0.2) is 4.98 Å². The summed E-state index contributed by atoms with van der Waals surface area (Å²) in [6.07, 6.45) is 0. The zero-order valence-electron chi connectivity index (χ0n) is 10.1. The van der Waals surface area contributed by atoms with E-state index in [2.05, 4.69) is 45.7 Å². The maximum absolute atomic E-state index is 3.38. The number of hydrogen-bond donors (Lipinski definition) is 1. The second-order valence-corrected chi connectivity index (χ2v) is 4.24. The molecule has 0 aliphatic carbocycles. The molecule has 0 saturated carbocycles. The standard InChI is InChI=1S/C10H17N.C2H6/c1-7-6-9(10(3,4)5)11-8(7)2;1-2/h6,11H,1-5H3;1-2H3. The fourth-order valence-corrected chi connectivity index (χ4v) is 1.07. The van der Waals surface area contributed by atoms with Crippen LogP contribution in [0, 0.1) is 13.8 Å². The van der Waals surface area contributed by atoms with Gasteiger partial charge in [-0.05, 0) is 25.5 Å². The highest BCUT2D eigenvalue weighted by atomic mass is 14.7. The summed E-state index contributed by atoms with van der Waals surface area (Å²) in [5, 5.41) is 0. The SMILES string of the molecule is CC.Cc1cc(C(C)(C)C)[nH]c1C. The van der Waals surface area contributed by atoms with E-state index in [1.807, 2.05) is 13.8 Å². The van der Waals surface area contributed by atoms with Crippen molar-refractivity contribution in [1.82, 2.24) is 4.98 Å². The molecule has 0 aromatic carbocycles. The second kappa shape index (κ2) is 4.50. The van der Waals surface area contributed by atoms with Gasteiger partial charge < -0.3 is 4.98 Å². The molecule has 0 unspecified atom stereocenters. The molecule has 1 rings (SSSR count). The first-order valence-corrected chi connectivity index (χ1v) is 5.08. The summed E-state index contributed by atoms with van der Waals surface area (Å²) < 4.78 is 0. The van der Waals surface area contributed by atoms with Gasteiger partial charge in [0.1, 0.15) is 0 Å². The van der Waals surface area contributed by atoms with Gasteiger partial charge in [0.15, 0.2) is 0 Å². The maximum atomic E-state index is 3.38. The van der Waals surface area contributed by atoms with Crippen LogP contribution in [0.4, 0.5) is 0 Å². The highest BCUT2D eigenvalue weighted by molar-refractivity contribution is 5.27. The van der Waals surface area contributed by atoms with Crippen LogP contribution in [0.15, 0.2) is 6.07 Å². The highest BCUT2D eigenvalue weighted by Gasteiger charge is 2.15. The van der Waals surface area contributed by atoms with Crippen molar-refractivity contribution in [3.05, 3.63) is 23.0 Å². The zero-order chi connectivity index (χ0) is 10.6. The number of aromatic nitrogens is 1. The van der Waals surface area contributed by atoms with Gasteiger partial charge in [0.05, 0.1) is 0 Å². The Bertz CT molecular complexity index is 231. The Morgan fingerprint density at radius 2 is 1.54 bits per heavy atom. The number of nitrogens with one attached hydrogen (secondary N) is 1. The van der Waals surface area contributed by atoms with Gasteiger partial charge in [-0.25, -0.2) is 0 Å². The van der Waals surface area contributed by atoms with E-state index in [0.717, 1.165) is 0 Å². The largest absolute Gasteiger partial charge is 0.362 e. The lowest BCUT2D eigenvalue weighted by molar-refractivity contribution is 0.571. The minimum absolute atomic E-state index is 0.249. The van der Waals surface area contributed by atoms with Crippen LogP contribution in [0.1, 0.15) is 51.6 Å². The van der Waals surface area contributed by atoms with Crippen molar-refractivity contribution >= 4 is 0 Å². The average Bonchev–Trinajstić information content (AvgIpc) is 2.35. The minimum atomic E-state index is 0.249. The van der Waals surface area contributed by atoms with Gasteiger partial charge in [0.2, 0.25) is 0 Å². The molecule has 76 valence electrons. The first kappa shape index (κ1) is 12.3. The molecule has 1 aromatic heterocycles. The van der Waals surface area contributed by atoms with Crippen molar-refractivity contribution in [2.45, 2.75) is 53.9 Å². The van der Waals surface area contributed by atoms with E-state index in [1.165, 1.54) is 17.0 Å². The van der Waals surface area contributed by atoms with Gasteiger partial charge >= 0.3 is 0 Å². The molecule has 1 nitrogen and oxygen atoms in total. The Labute approximate surface area is 82.6 Å². The molecule has 1 N–H and O–H groups in total. The topological polar surface area (TPSA) is 15.8 Å². The summed E-state index contributed by atoms with van der Waals surface area (Å²) in [5.74, 6) is 0. The van der Waals surface area contributed by atoms with Crippen molar-refractivity contribution < 1.29 is 0 Å². The summed E-state index contributed by atoms with van der Waals surface area (Å²) in [7, 11) is 0. The van der Waals surface area contributed by atoms with Crippen LogP contribution >= 0.6 is 0 Å². The molecule has 0 radical (unpaired) electrons. The molecule has 0 amide bonds. The Balaban J connectivity index is 0.000000671. The Hall–Kier alpha value is -0.720. The second-order valence-electron chi connectivity index (χ2n) is 4.24. The van der Waals surface area contributed by atoms with Gasteiger partial charge in [0, 0.05) is 16.8 Å². The van der Waals surface area contributed by atoms with E-state index in [9.17, 15) is 0 Å². The lowest BCUT2D eigenvalue weighted by Gasteiger charge is -2.15. The summed E-state index contributed by atoms with van der Waals surface area (Å²) >= 11 is 0. The Kier molecular flexibility index (Phi) is 4.25. The summed E-state index contributed by atoms with van der Waals surface area (Å²) in [6.45, 7) is 14.9. The summed E-state index contributed by atoms with van der Waals surface area (Å²) in [4.78, 5) is 3.38. The lowest BCUT2D eigenvalue weighted by atomic mass is 9.92. The monoisotopic (exact) mass is 181 g/mol. The molecular weight excluding hydrogens is 158 g/mol. The molecule has 0 bridgehead atoms. The minimum Gasteiger partial charge on any atom is -0.362 e. The Morgan fingerprint density at radius 3 is 1.69 bits per heavy atom. The fourth-order valence-electron chi connectivity index (χ4n) is 1.07. The van der Waals surface area contributed by atoms with Crippen molar-refractivity contribution in [2.75, 3.05) is 0 Å². The van der Waals surface area contributed by atoms with E-state index in [-0.39, 0.29) is 5.41 Å². The molecule has 1 aromatic rings. The molecule has 0 aliphatic rings.